The third kappa shape index (κ3) is 6.27. The van der Waals surface area contributed by atoms with Crippen LogP contribution in [-0.2, 0) is 9.59 Å². The first-order valence-electron chi connectivity index (χ1n) is 7.47. The molecule has 1 aromatic rings. The molecular weight excluding hydrogens is 383 g/mol. The van der Waals surface area contributed by atoms with Crippen LogP contribution in [0.25, 0.3) is 0 Å². The lowest BCUT2D eigenvalue weighted by Gasteiger charge is -2.26. The highest BCUT2D eigenvalue weighted by Crippen LogP contribution is 2.17. The molecule has 1 aromatic carbocycles. The molecule has 0 aromatic heterocycles. The van der Waals surface area contributed by atoms with Crippen molar-refractivity contribution in [2.24, 2.45) is 0 Å². The minimum atomic E-state index is -0.974. The average molecular weight is 403 g/mol. The maximum absolute atomic E-state index is 13.2. The molecule has 0 heterocycles. The topological polar surface area (TPSA) is 86.7 Å². The summed E-state index contributed by atoms with van der Waals surface area (Å²) < 4.78 is 13.6. The minimum Gasteiger partial charge on any atom is -0.481 e. The van der Waals surface area contributed by atoms with Crippen LogP contribution in [0.4, 0.5) is 4.39 Å². The highest BCUT2D eigenvalue weighted by molar-refractivity contribution is 9.10. The van der Waals surface area contributed by atoms with E-state index in [1.54, 1.807) is 13.8 Å². The van der Waals surface area contributed by atoms with Crippen LogP contribution in [0.3, 0.4) is 0 Å². The van der Waals surface area contributed by atoms with Gasteiger partial charge in [-0.2, -0.15) is 0 Å². The van der Waals surface area contributed by atoms with Crippen LogP contribution in [0, 0.1) is 5.82 Å². The summed E-state index contributed by atoms with van der Waals surface area (Å²) in [4.78, 5) is 36.3. The summed E-state index contributed by atoms with van der Waals surface area (Å²) in [5, 5.41) is 11.3. The van der Waals surface area contributed by atoms with E-state index in [1.807, 2.05) is 0 Å². The molecule has 0 aliphatic heterocycles. The van der Waals surface area contributed by atoms with Crippen LogP contribution in [-0.4, -0.2) is 46.9 Å². The predicted octanol–water partition coefficient (Wildman–Crippen LogP) is 2.42. The maximum Gasteiger partial charge on any atom is 0.305 e. The summed E-state index contributed by atoms with van der Waals surface area (Å²) in [6.07, 6.45) is -0.0943. The third-order valence-corrected chi connectivity index (χ3v) is 4.00. The molecule has 1 rings (SSSR count). The quantitative estimate of drug-likeness (QED) is 0.698. The van der Waals surface area contributed by atoms with Gasteiger partial charge in [0, 0.05) is 30.0 Å². The van der Waals surface area contributed by atoms with Gasteiger partial charge in [0.05, 0.1) is 12.0 Å². The van der Waals surface area contributed by atoms with Crippen molar-refractivity contribution in [3.05, 3.63) is 34.1 Å². The fourth-order valence-corrected chi connectivity index (χ4v) is 2.51. The van der Waals surface area contributed by atoms with E-state index in [-0.39, 0.29) is 43.4 Å². The number of carbonyl (C=O) groups excluding carboxylic acids is 2. The molecule has 0 unspecified atom stereocenters. The van der Waals surface area contributed by atoms with E-state index in [1.165, 1.54) is 17.0 Å². The highest BCUT2D eigenvalue weighted by Gasteiger charge is 2.18. The number of halogens is 2. The Kier molecular flexibility index (Phi) is 7.84. The van der Waals surface area contributed by atoms with Gasteiger partial charge in [-0.3, -0.25) is 14.4 Å². The van der Waals surface area contributed by atoms with Crippen LogP contribution < -0.4 is 5.32 Å². The van der Waals surface area contributed by atoms with E-state index < -0.39 is 17.7 Å². The largest absolute Gasteiger partial charge is 0.481 e. The molecule has 0 aliphatic rings. The molecule has 2 amide bonds. The van der Waals surface area contributed by atoms with Gasteiger partial charge in [-0.15, -0.1) is 0 Å². The van der Waals surface area contributed by atoms with Gasteiger partial charge in [0.1, 0.15) is 5.82 Å². The van der Waals surface area contributed by atoms with Gasteiger partial charge in [-0.05, 0) is 48.0 Å². The second-order valence-electron chi connectivity index (χ2n) is 5.45. The van der Waals surface area contributed by atoms with Crippen molar-refractivity contribution in [2.75, 3.05) is 13.1 Å². The van der Waals surface area contributed by atoms with Gasteiger partial charge in [0.15, 0.2) is 0 Å². The normalized spacial score (nSPS) is 10.5. The average Bonchev–Trinajstić information content (AvgIpc) is 2.49. The summed E-state index contributed by atoms with van der Waals surface area (Å²) in [5.41, 5.74) is 0.147. The van der Waals surface area contributed by atoms with E-state index in [0.717, 1.165) is 6.07 Å². The Morgan fingerprint density at radius 3 is 2.54 bits per heavy atom. The van der Waals surface area contributed by atoms with Crippen molar-refractivity contribution < 1.29 is 23.9 Å². The van der Waals surface area contributed by atoms with Crippen molar-refractivity contribution in [1.82, 2.24) is 10.2 Å². The first kappa shape index (κ1) is 20.1. The number of hydrogen-bond acceptors (Lipinski definition) is 3. The minimum absolute atomic E-state index is 0.0382. The number of carboxylic acids is 1. The predicted molar refractivity (Wildman–Crippen MR) is 90.2 cm³/mol. The maximum atomic E-state index is 13.2. The monoisotopic (exact) mass is 402 g/mol. The number of aliphatic carboxylic acids is 1. The van der Waals surface area contributed by atoms with Crippen molar-refractivity contribution in [1.29, 1.82) is 0 Å². The van der Waals surface area contributed by atoms with Gasteiger partial charge in [-0.1, -0.05) is 0 Å². The third-order valence-electron chi connectivity index (χ3n) is 3.31. The van der Waals surface area contributed by atoms with Crippen molar-refractivity contribution in [3.8, 4) is 0 Å². The number of benzene rings is 1. The molecule has 0 fully saturated rings. The van der Waals surface area contributed by atoms with Crippen LogP contribution in [0.5, 0.6) is 0 Å². The van der Waals surface area contributed by atoms with Crippen LogP contribution >= 0.6 is 15.9 Å². The lowest BCUT2D eigenvalue weighted by Crippen LogP contribution is -2.40. The lowest BCUT2D eigenvalue weighted by molar-refractivity contribution is -0.139. The van der Waals surface area contributed by atoms with E-state index in [4.69, 9.17) is 5.11 Å². The van der Waals surface area contributed by atoms with E-state index in [0.29, 0.717) is 4.47 Å². The van der Waals surface area contributed by atoms with Gasteiger partial charge >= 0.3 is 5.97 Å². The van der Waals surface area contributed by atoms with Crippen LogP contribution in [0.15, 0.2) is 22.7 Å². The van der Waals surface area contributed by atoms with Crippen molar-refractivity contribution in [2.45, 2.75) is 32.7 Å². The van der Waals surface area contributed by atoms with Crippen molar-refractivity contribution in [3.63, 3.8) is 0 Å². The Balaban J connectivity index is 2.55. The zero-order valence-corrected chi connectivity index (χ0v) is 15.1. The first-order valence-corrected chi connectivity index (χ1v) is 8.26. The number of carbonyl (C=O) groups is 3. The summed E-state index contributed by atoms with van der Waals surface area (Å²) in [7, 11) is 0. The van der Waals surface area contributed by atoms with Crippen LogP contribution in [0.1, 0.15) is 37.0 Å². The molecule has 2 N–H and O–H groups in total. The van der Waals surface area contributed by atoms with Gasteiger partial charge < -0.3 is 15.3 Å². The Bertz CT molecular complexity index is 622. The highest BCUT2D eigenvalue weighted by atomic mass is 79.9. The molecule has 132 valence electrons. The second-order valence-corrected chi connectivity index (χ2v) is 6.31. The fourth-order valence-electron chi connectivity index (χ4n) is 2.08. The zero-order valence-electron chi connectivity index (χ0n) is 13.5. The van der Waals surface area contributed by atoms with E-state index >= 15 is 0 Å². The zero-order chi connectivity index (χ0) is 18.3. The van der Waals surface area contributed by atoms with Crippen LogP contribution in [0.2, 0.25) is 0 Å². The number of amides is 2. The molecule has 0 bridgehead atoms. The summed E-state index contributed by atoms with van der Waals surface area (Å²) in [6, 6.07) is 3.63. The number of nitrogens with zero attached hydrogens (tertiary/aromatic N) is 1. The molecule has 0 atom stereocenters. The van der Waals surface area contributed by atoms with Gasteiger partial charge in [0.2, 0.25) is 5.91 Å². The molecule has 0 spiro atoms. The van der Waals surface area contributed by atoms with Gasteiger partial charge in [0.25, 0.3) is 5.91 Å². The molecule has 0 radical (unpaired) electrons. The Morgan fingerprint density at radius 1 is 1.29 bits per heavy atom. The Labute approximate surface area is 148 Å². The molecule has 0 saturated carbocycles. The standard InChI is InChI=1S/C16H20BrFN2O4/c1-10(2)20(8-6-15(22)23)14(21)5-7-19-16(24)12-9-11(18)3-4-13(12)17/h3-4,9-10H,5-8H2,1-2H3,(H,19,24)(H,22,23). The fraction of sp³-hybridized carbons (Fsp3) is 0.438. The Hall–Kier alpha value is -1.96. The van der Waals surface area contributed by atoms with E-state index in [9.17, 15) is 18.8 Å². The second kappa shape index (κ2) is 9.36. The smallest absolute Gasteiger partial charge is 0.305 e. The number of hydrogen-bond donors (Lipinski definition) is 2. The Morgan fingerprint density at radius 2 is 1.96 bits per heavy atom. The lowest BCUT2D eigenvalue weighted by atomic mass is 10.2. The SMILES string of the molecule is CC(C)N(CCC(=O)O)C(=O)CCNC(=O)c1cc(F)ccc1Br. The summed E-state index contributed by atoms with van der Waals surface area (Å²) in [6.45, 7) is 3.79. The summed E-state index contributed by atoms with van der Waals surface area (Å²) >= 11 is 3.17. The molecule has 6 nitrogen and oxygen atoms in total. The molecule has 8 heteroatoms. The van der Waals surface area contributed by atoms with Crippen molar-refractivity contribution >= 4 is 33.7 Å². The summed E-state index contributed by atoms with van der Waals surface area (Å²) in [5.74, 6) is -2.24. The first-order chi connectivity index (χ1) is 11.2. The van der Waals surface area contributed by atoms with Gasteiger partial charge in [-0.25, -0.2) is 4.39 Å². The van der Waals surface area contributed by atoms with E-state index in [2.05, 4.69) is 21.2 Å². The molecule has 0 aliphatic carbocycles. The molecular formula is C16H20BrFN2O4. The molecule has 24 heavy (non-hydrogen) atoms. The number of nitrogens with one attached hydrogen (secondary N) is 1. The number of carboxylic acid groups (broad SMARTS) is 1. The molecule has 0 saturated heterocycles. The number of rotatable bonds is 8.